The molecule has 0 spiro atoms. The van der Waals surface area contributed by atoms with Crippen molar-refractivity contribution >= 4 is 17.5 Å². The number of amides is 2. The Morgan fingerprint density at radius 2 is 1.77 bits per heavy atom. The molecule has 168 valence electrons. The molecular weight excluding hydrogens is 409 g/mol. The van der Waals surface area contributed by atoms with E-state index in [0.717, 1.165) is 44.2 Å². The van der Waals surface area contributed by atoms with Gasteiger partial charge in [-0.1, -0.05) is 0 Å². The second-order valence-corrected chi connectivity index (χ2v) is 9.53. The smallest absolute Gasteiger partial charge is 0.374 e. The number of anilines is 1. The van der Waals surface area contributed by atoms with Crippen LogP contribution in [0.25, 0.3) is 0 Å². The zero-order valence-corrected chi connectivity index (χ0v) is 17.5. The van der Waals surface area contributed by atoms with E-state index in [4.69, 9.17) is 4.74 Å². The Bertz CT molecular complexity index is 889. The number of carbonyl (C=O) groups is 2. The second-order valence-electron chi connectivity index (χ2n) is 9.53. The Morgan fingerprint density at radius 1 is 1.06 bits per heavy atom. The van der Waals surface area contributed by atoms with Crippen molar-refractivity contribution in [2.45, 2.75) is 82.3 Å². The van der Waals surface area contributed by atoms with Crippen LogP contribution in [0.15, 0.2) is 18.2 Å². The summed E-state index contributed by atoms with van der Waals surface area (Å²) >= 11 is 0. The van der Waals surface area contributed by atoms with Gasteiger partial charge in [-0.15, -0.1) is 0 Å². The van der Waals surface area contributed by atoms with Crippen molar-refractivity contribution in [2.75, 3.05) is 5.32 Å². The first kappa shape index (κ1) is 20.8. The van der Waals surface area contributed by atoms with Gasteiger partial charge >= 0.3 is 6.18 Å². The standard InChI is InChI=1S/C23H27F3N2O3/c1-12-8-14(23(24,25)26)2-6-19(12)27-21(29)13-9-15-3-4-16(10-13)28(15)22(30)18-11-17-5-7-20(18)31-17/h2,6,8,13,15-18,20H,3-5,7,9-11H2,1H3,(H,27,29)/t13?,15-,16+,17-,18+,20-/m1/s1. The van der Waals surface area contributed by atoms with E-state index in [2.05, 4.69) is 5.32 Å². The molecule has 0 radical (unpaired) electrons. The Hall–Kier alpha value is -2.09. The van der Waals surface area contributed by atoms with Crippen LogP contribution in [0.5, 0.6) is 0 Å². The highest BCUT2D eigenvalue weighted by atomic mass is 19.4. The number of rotatable bonds is 3. The normalized spacial score (nSPS) is 34.3. The number of halogens is 3. The average Bonchev–Trinajstić information content (AvgIpc) is 3.41. The molecule has 4 aliphatic heterocycles. The Kier molecular flexibility index (Phi) is 5.03. The maximum Gasteiger partial charge on any atom is 0.416 e. The molecule has 6 atom stereocenters. The molecule has 0 saturated carbocycles. The summed E-state index contributed by atoms with van der Waals surface area (Å²) in [6.07, 6.45) is 1.72. The van der Waals surface area contributed by atoms with E-state index in [9.17, 15) is 22.8 Å². The van der Waals surface area contributed by atoms with Crippen LogP contribution in [0.4, 0.5) is 18.9 Å². The molecule has 5 rings (SSSR count). The lowest BCUT2D eigenvalue weighted by Crippen LogP contribution is -2.51. The van der Waals surface area contributed by atoms with E-state index < -0.39 is 11.7 Å². The average molecular weight is 436 g/mol. The van der Waals surface area contributed by atoms with Crippen molar-refractivity contribution in [3.63, 3.8) is 0 Å². The molecule has 31 heavy (non-hydrogen) atoms. The topological polar surface area (TPSA) is 58.6 Å². The summed E-state index contributed by atoms with van der Waals surface area (Å²) < 4.78 is 44.5. The SMILES string of the molecule is Cc1cc(C(F)(F)F)ccc1NC(=O)C1C[C@H]2CC[C@@H](C1)N2C(=O)[C@H]1C[C@H]2CC[C@H]1O2. The predicted molar refractivity (Wildman–Crippen MR) is 107 cm³/mol. The molecule has 0 aromatic heterocycles. The van der Waals surface area contributed by atoms with Crippen LogP contribution in [-0.2, 0) is 20.5 Å². The van der Waals surface area contributed by atoms with E-state index in [0.29, 0.717) is 24.1 Å². The van der Waals surface area contributed by atoms with Crippen LogP contribution in [-0.4, -0.2) is 41.0 Å². The number of nitrogens with one attached hydrogen (secondary N) is 1. The summed E-state index contributed by atoms with van der Waals surface area (Å²) in [7, 11) is 0. The van der Waals surface area contributed by atoms with Crippen LogP contribution in [0, 0.1) is 18.8 Å². The molecule has 1 N–H and O–H groups in total. The van der Waals surface area contributed by atoms with Crippen molar-refractivity contribution in [3.8, 4) is 0 Å². The maximum atomic E-state index is 13.2. The molecule has 4 bridgehead atoms. The third kappa shape index (κ3) is 3.73. The second kappa shape index (κ2) is 7.50. The van der Waals surface area contributed by atoms with Gasteiger partial charge in [0.2, 0.25) is 11.8 Å². The fourth-order valence-electron chi connectivity index (χ4n) is 6.06. The van der Waals surface area contributed by atoms with E-state index in [-0.39, 0.29) is 47.9 Å². The molecule has 5 nitrogen and oxygen atoms in total. The van der Waals surface area contributed by atoms with Crippen molar-refractivity contribution in [1.82, 2.24) is 4.90 Å². The van der Waals surface area contributed by atoms with Gasteiger partial charge in [0.15, 0.2) is 0 Å². The van der Waals surface area contributed by atoms with Crippen molar-refractivity contribution in [1.29, 1.82) is 0 Å². The van der Waals surface area contributed by atoms with Crippen molar-refractivity contribution in [2.24, 2.45) is 11.8 Å². The van der Waals surface area contributed by atoms with Gasteiger partial charge in [-0.05, 0) is 75.6 Å². The zero-order chi connectivity index (χ0) is 21.9. The van der Waals surface area contributed by atoms with Crippen molar-refractivity contribution in [3.05, 3.63) is 29.3 Å². The van der Waals surface area contributed by atoms with Gasteiger partial charge in [0.05, 0.1) is 23.7 Å². The van der Waals surface area contributed by atoms with Gasteiger partial charge in [-0.3, -0.25) is 9.59 Å². The van der Waals surface area contributed by atoms with Crippen LogP contribution < -0.4 is 5.32 Å². The summed E-state index contributed by atoms with van der Waals surface area (Å²) in [5.41, 5.74) is 0.0653. The number of hydrogen-bond donors (Lipinski definition) is 1. The highest BCUT2D eigenvalue weighted by Crippen LogP contribution is 2.45. The third-order valence-electron chi connectivity index (χ3n) is 7.59. The monoisotopic (exact) mass is 436 g/mol. The summed E-state index contributed by atoms with van der Waals surface area (Å²) in [5.74, 6) is -0.256. The van der Waals surface area contributed by atoms with E-state index in [1.165, 1.54) is 6.07 Å². The molecule has 4 heterocycles. The van der Waals surface area contributed by atoms with Crippen molar-refractivity contribution < 1.29 is 27.5 Å². The molecule has 1 unspecified atom stereocenters. The minimum Gasteiger partial charge on any atom is -0.374 e. The predicted octanol–water partition coefficient (Wildman–Crippen LogP) is 4.29. The first-order valence-corrected chi connectivity index (χ1v) is 11.2. The number of fused-ring (bicyclic) bond motifs is 4. The molecule has 2 amide bonds. The van der Waals surface area contributed by atoms with Gasteiger partial charge < -0.3 is 15.0 Å². The molecule has 0 aliphatic carbocycles. The van der Waals surface area contributed by atoms with E-state index in [1.54, 1.807) is 6.92 Å². The Morgan fingerprint density at radius 3 is 2.32 bits per heavy atom. The minimum atomic E-state index is -4.41. The van der Waals surface area contributed by atoms with Gasteiger partial charge in [0, 0.05) is 23.7 Å². The van der Waals surface area contributed by atoms with Gasteiger partial charge in [-0.2, -0.15) is 13.2 Å². The number of benzene rings is 1. The summed E-state index contributed by atoms with van der Waals surface area (Å²) in [5, 5.41) is 2.82. The number of alkyl halides is 3. The fraction of sp³-hybridized carbons (Fsp3) is 0.652. The lowest BCUT2D eigenvalue weighted by Gasteiger charge is -2.40. The number of carbonyl (C=O) groups excluding carboxylic acids is 2. The maximum absolute atomic E-state index is 13.2. The van der Waals surface area contributed by atoms with Crippen LogP contribution in [0.1, 0.15) is 56.1 Å². The lowest BCUT2D eigenvalue weighted by atomic mass is 9.85. The summed E-state index contributed by atoms with van der Waals surface area (Å²) in [6, 6.07) is 3.49. The van der Waals surface area contributed by atoms with Gasteiger partial charge in [-0.25, -0.2) is 0 Å². The summed E-state index contributed by atoms with van der Waals surface area (Å²) in [6.45, 7) is 1.56. The number of piperidine rings is 1. The number of ether oxygens (including phenoxy) is 1. The van der Waals surface area contributed by atoms with Gasteiger partial charge in [0.1, 0.15) is 0 Å². The molecule has 1 aromatic rings. The third-order valence-corrected chi connectivity index (χ3v) is 7.59. The molecule has 4 saturated heterocycles. The summed E-state index contributed by atoms with van der Waals surface area (Å²) in [4.78, 5) is 28.2. The molecular formula is C23H27F3N2O3. The first-order valence-electron chi connectivity index (χ1n) is 11.2. The Balaban J connectivity index is 1.24. The quantitative estimate of drug-likeness (QED) is 0.769. The molecule has 4 aliphatic rings. The first-order chi connectivity index (χ1) is 14.7. The van der Waals surface area contributed by atoms with Gasteiger partial charge in [0.25, 0.3) is 0 Å². The minimum absolute atomic E-state index is 0.0398. The lowest BCUT2D eigenvalue weighted by molar-refractivity contribution is -0.144. The molecule has 8 heteroatoms. The molecule has 1 aromatic carbocycles. The Labute approximate surface area is 179 Å². The zero-order valence-electron chi connectivity index (χ0n) is 17.5. The largest absolute Gasteiger partial charge is 0.416 e. The fourth-order valence-corrected chi connectivity index (χ4v) is 6.06. The van der Waals surface area contributed by atoms with E-state index in [1.807, 2.05) is 4.90 Å². The number of nitrogens with zero attached hydrogens (tertiary/aromatic N) is 1. The van der Waals surface area contributed by atoms with Crippen LogP contribution in [0.2, 0.25) is 0 Å². The number of aryl methyl sites for hydroxylation is 1. The molecule has 4 fully saturated rings. The highest BCUT2D eigenvalue weighted by Gasteiger charge is 2.51. The van der Waals surface area contributed by atoms with Crippen LogP contribution >= 0.6 is 0 Å². The van der Waals surface area contributed by atoms with E-state index >= 15 is 0 Å². The number of hydrogen-bond acceptors (Lipinski definition) is 3. The highest BCUT2D eigenvalue weighted by molar-refractivity contribution is 5.93. The van der Waals surface area contributed by atoms with Crippen LogP contribution in [0.3, 0.4) is 0 Å².